The summed E-state index contributed by atoms with van der Waals surface area (Å²) < 4.78 is 14.7. The van der Waals surface area contributed by atoms with Gasteiger partial charge in [0.2, 0.25) is 5.91 Å². The number of hydrogen-bond donors (Lipinski definition) is 3. The summed E-state index contributed by atoms with van der Waals surface area (Å²) in [5.41, 5.74) is 1.85. The first-order chi connectivity index (χ1) is 21.9. The fraction of sp³-hybridized carbons (Fsp3) is 0.0286. The molecule has 45 heavy (non-hydrogen) atoms. The Morgan fingerprint density at radius 2 is 1.47 bits per heavy atom. The number of carbonyl (C=O) groups is 3. The standard InChI is InChI=1S/C35H26ClFN4O3S/c36-29-15-8-16-30(37)28(29)22-31(41-33(42)24-11-5-2-6-12-24)34(43)40-26-13-7-14-27(21-26)45-32(23-9-3-1-4-10-23)35(44)39-25-17-19-38-20-18-25/h1-22,32H,(H,40,43)(H,41,42)(H,38,39,44)/b31-22+. The molecule has 1 unspecified atom stereocenters. The Hall–Kier alpha value is -5.25. The first-order valence-corrected chi connectivity index (χ1v) is 15.0. The molecule has 224 valence electrons. The maximum absolute atomic E-state index is 14.7. The summed E-state index contributed by atoms with van der Waals surface area (Å²) in [6.07, 6.45) is 4.39. The number of pyridine rings is 1. The van der Waals surface area contributed by atoms with Crippen LogP contribution in [0.25, 0.3) is 6.08 Å². The average molecular weight is 637 g/mol. The van der Waals surface area contributed by atoms with Crippen LogP contribution in [-0.4, -0.2) is 22.7 Å². The van der Waals surface area contributed by atoms with Crippen molar-refractivity contribution < 1.29 is 18.8 Å². The van der Waals surface area contributed by atoms with Gasteiger partial charge in [-0.25, -0.2) is 4.39 Å². The number of rotatable bonds is 10. The summed E-state index contributed by atoms with van der Waals surface area (Å²) in [5, 5.41) is 7.74. The second kappa shape index (κ2) is 15.0. The molecule has 3 N–H and O–H groups in total. The fourth-order valence-corrected chi connectivity index (χ4v) is 5.56. The fourth-order valence-electron chi connectivity index (χ4n) is 4.26. The van der Waals surface area contributed by atoms with Gasteiger partial charge in [0.25, 0.3) is 11.8 Å². The molecular weight excluding hydrogens is 611 g/mol. The molecule has 0 bridgehead atoms. The van der Waals surface area contributed by atoms with Gasteiger partial charge in [0.05, 0.1) is 5.02 Å². The van der Waals surface area contributed by atoms with Crippen molar-refractivity contribution in [3.63, 3.8) is 0 Å². The van der Waals surface area contributed by atoms with Crippen molar-refractivity contribution in [2.45, 2.75) is 10.1 Å². The first-order valence-electron chi connectivity index (χ1n) is 13.7. The maximum Gasteiger partial charge on any atom is 0.272 e. The van der Waals surface area contributed by atoms with Crippen LogP contribution < -0.4 is 16.0 Å². The molecule has 0 saturated heterocycles. The Kier molecular flexibility index (Phi) is 10.4. The van der Waals surface area contributed by atoms with E-state index >= 15 is 0 Å². The zero-order chi connectivity index (χ0) is 31.6. The van der Waals surface area contributed by atoms with Gasteiger partial charge in [0.15, 0.2) is 0 Å². The number of thioether (sulfide) groups is 1. The zero-order valence-electron chi connectivity index (χ0n) is 23.6. The van der Waals surface area contributed by atoms with Crippen molar-refractivity contribution in [3.05, 3.63) is 161 Å². The molecule has 0 fully saturated rings. The third-order valence-electron chi connectivity index (χ3n) is 6.45. The van der Waals surface area contributed by atoms with E-state index in [0.717, 1.165) is 5.56 Å². The highest BCUT2D eigenvalue weighted by Gasteiger charge is 2.23. The van der Waals surface area contributed by atoms with Gasteiger partial charge in [-0.1, -0.05) is 72.3 Å². The SMILES string of the molecule is O=C(Nc1cccc(SC(C(=O)Nc2ccncc2)c2ccccc2)c1)/C(=C\c1c(F)cccc1Cl)NC(=O)c1ccccc1. The minimum atomic E-state index is -0.698. The Morgan fingerprint density at radius 1 is 0.778 bits per heavy atom. The lowest BCUT2D eigenvalue weighted by molar-refractivity contribution is -0.116. The lowest BCUT2D eigenvalue weighted by atomic mass is 10.1. The van der Waals surface area contributed by atoms with Gasteiger partial charge in [0, 0.05) is 39.8 Å². The number of nitrogens with one attached hydrogen (secondary N) is 3. The topological polar surface area (TPSA) is 100 Å². The van der Waals surface area contributed by atoms with E-state index in [0.29, 0.717) is 21.8 Å². The highest BCUT2D eigenvalue weighted by atomic mass is 35.5. The lowest BCUT2D eigenvalue weighted by Gasteiger charge is -2.18. The van der Waals surface area contributed by atoms with E-state index in [4.69, 9.17) is 11.6 Å². The van der Waals surface area contributed by atoms with Gasteiger partial charge in [-0.15, -0.1) is 11.8 Å². The molecule has 0 aliphatic heterocycles. The van der Waals surface area contributed by atoms with E-state index in [9.17, 15) is 18.8 Å². The van der Waals surface area contributed by atoms with E-state index in [1.807, 2.05) is 36.4 Å². The molecule has 5 rings (SSSR count). The summed E-state index contributed by atoms with van der Waals surface area (Å²) in [6, 6.07) is 32.2. The number of halogens is 2. The first kappa shape index (κ1) is 31.2. The van der Waals surface area contributed by atoms with Crippen LogP contribution in [0.15, 0.2) is 138 Å². The molecule has 0 aliphatic rings. The maximum atomic E-state index is 14.7. The van der Waals surface area contributed by atoms with Crippen molar-refractivity contribution >= 4 is 58.5 Å². The molecule has 0 saturated carbocycles. The van der Waals surface area contributed by atoms with Gasteiger partial charge in [0.1, 0.15) is 16.8 Å². The molecule has 0 radical (unpaired) electrons. The highest BCUT2D eigenvalue weighted by molar-refractivity contribution is 8.00. The summed E-state index contributed by atoms with van der Waals surface area (Å²) in [6.45, 7) is 0. The number of aromatic nitrogens is 1. The Bertz CT molecular complexity index is 1820. The predicted molar refractivity (Wildman–Crippen MR) is 176 cm³/mol. The van der Waals surface area contributed by atoms with Crippen molar-refractivity contribution in [1.29, 1.82) is 0 Å². The summed E-state index contributed by atoms with van der Waals surface area (Å²) in [5.74, 6) is -2.14. The third-order valence-corrected chi connectivity index (χ3v) is 8.03. The molecule has 0 spiro atoms. The summed E-state index contributed by atoms with van der Waals surface area (Å²) in [4.78, 5) is 44.6. The second-order valence-electron chi connectivity index (χ2n) is 9.63. The number of carbonyl (C=O) groups excluding carboxylic acids is 3. The quantitative estimate of drug-likeness (QED) is 0.107. The van der Waals surface area contributed by atoms with Crippen LogP contribution in [0.1, 0.15) is 26.7 Å². The van der Waals surface area contributed by atoms with Gasteiger partial charge in [-0.3, -0.25) is 19.4 Å². The Balaban J connectivity index is 1.40. The zero-order valence-corrected chi connectivity index (χ0v) is 25.2. The normalized spacial score (nSPS) is 11.7. The van der Waals surface area contributed by atoms with Crippen molar-refractivity contribution in [1.82, 2.24) is 10.3 Å². The van der Waals surface area contributed by atoms with Gasteiger partial charge >= 0.3 is 0 Å². The van der Waals surface area contributed by atoms with E-state index in [-0.39, 0.29) is 22.2 Å². The van der Waals surface area contributed by atoms with Crippen molar-refractivity contribution in [2.24, 2.45) is 0 Å². The van der Waals surface area contributed by atoms with Crippen molar-refractivity contribution in [2.75, 3.05) is 10.6 Å². The van der Waals surface area contributed by atoms with Crippen LogP contribution in [0.3, 0.4) is 0 Å². The van der Waals surface area contributed by atoms with Crippen LogP contribution in [-0.2, 0) is 9.59 Å². The number of nitrogens with zero attached hydrogens (tertiary/aromatic N) is 1. The molecular formula is C35H26ClFN4O3S. The second-order valence-corrected chi connectivity index (χ2v) is 11.2. The third kappa shape index (κ3) is 8.44. The van der Waals surface area contributed by atoms with Crippen molar-refractivity contribution in [3.8, 4) is 0 Å². The predicted octanol–water partition coefficient (Wildman–Crippen LogP) is 7.76. The summed E-state index contributed by atoms with van der Waals surface area (Å²) in [7, 11) is 0. The molecule has 10 heteroatoms. The molecule has 1 aromatic heterocycles. The Morgan fingerprint density at radius 3 is 2.18 bits per heavy atom. The molecule has 7 nitrogen and oxygen atoms in total. The number of benzene rings is 4. The largest absolute Gasteiger partial charge is 0.325 e. The molecule has 1 atom stereocenters. The summed E-state index contributed by atoms with van der Waals surface area (Å²) >= 11 is 7.52. The van der Waals surface area contributed by atoms with Crippen LogP contribution in [0.4, 0.5) is 15.8 Å². The lowest BCUT2D eigenvalue weighted by Crippen LogP contribution is -2.30. The smallest absolute Gasteiger partial charge is 0.272 e. The van der Waals surface area contributed by atoms with E-state index < -0.39 is 22.9 Å². The van der Waals surface area contributed by atoms with Gasteiger partial charge in [-0.05, 0) is 66.2 Å². The number of anilines is 2. The molecule has 1 heterocycles. The molecule has 4 aromatic carbocycles. The van der Waals surface area contributed by atoms with Crippen LogP contribution in [0.2, 0.25) is 5.02 Å². The van der Waals surface area contributed by atoms with E-state index in [1.165, 1.54) is 36.0 Å². The molecule has 5 aromatic rings. The molecule has 3 amide bonds. The monoisotopic (exact) mass is 636 g/mol. The van der Waals surface area contributed by atoms with Crippen LogP contribution >= 0.6 is 23.4 Å². The van der Waals surface area contributed by atoms with E-state index in [2.05, 4.69) is 20.9 Å². The minimum Gasteiger partial charge on any atom is -0.325 e. The molecule has 0 aliphatic carbocycles. The Labute approximate surface area is 268 Å². The van der Waals surface area contributed by atoms with E-state index in [1.54, 1.807) is 73.1 Å². The average Bonchev–Trinajstić information content (AvgIpc) is 3.06. The van der Waals surface area contributed by atoms with Crippen LogP contribution in [0, 0.1) is 5.82 Å². The number of amides is 3. The minimum absolute atomic E-state index is 0.0482. The van der Waals surface area contributed by atoms with Gasteiger partial charge in [-0.2, -0.15) is 0 Å². The van der Waals surface area contributed by atoms with Crippen LogP contribution in [0.5, 0.6) is 0 Å². The highest BCUT2D eigenvalue weighted by Crippen LogP contribution is 2.37. The van der Waals surface area contributed by atoms with Gasteiger partial charge < -0.3 is 16.0 Å². The number of hydrogen-bond acceptors (Lipinski definition) is 5.